The number of benzene rings is 1. The molecule has 7 unspecified atom stereocenters. The van der Waals surface area contributed by atoms with Crippen LogP contribution in [0.1, 0.15) is 94.8 Å². The van der Waals surface area contributed by atoms with Crippen molar-refractivity contribution in [3.8, 4) is 11.5 Å². The van der Waals surface area contributed by atoms with Crippen LogP contribution in [0.25, 0.3) is 0 Å². The second kappa shape index (κ2) is 19.7. The van der Waals surface area contributed by atoms with Crippen LogP contribution in [0, 0.1) is 54.7 Å². The van der Waals surface area contributed by atoms with E-state index < -0.39 is 46.4 Å². The number of ketones is 2. The Morgan fingerprint density at radius 2 is 1.60 bits per heavy atom. The molecule has 0 aromatic heterocycles. The number of ether oxygens (including phenoxy) is 4. The number of methoxy groups -OCH3 is 1. The zero-order valence-electron chi connectivity index (χ0n) is 32.2. The number of carbonyl (C=O) groups is 5. The molecule has 0 aliphatic heterocycles. The molecule has 314 valence electrons. The molecule has 0 bridgehead atoms. The first-order chi connectivity index (χ1) is 27.0. The summed E-state index contributed by atoms with van der Waals surface area (Å²) in [5.41, 5.74) is 0.668. The Balaban J connectivity index is 0.000000635. The van der Waals surface area contributed by atoms with E-state index in [1.807, 2.05) is 6.08 Å². The van der Waals surface area contributed by atoms with Gasteiger partial charge in [0.2, 0.25) is 0 Å². The number of hydrogen-bond donors (Lipinski definition) is 2. The maximum absolute atomic E-state index is 13.5. The number of nitrogens with zero attached hydrogens (tertiary/aromatic N) is 2. The molecule has 7 atom stereocenters. The number of esters is 1. The summed E-state index contributed by atoms with van der Waals surface area (Å²) in [6.45, 7) is 3.59. The van der Waals surface area contributed by atoms with Crippen molar-refractivity contribution in [2.45, 2.75) is 90.6 Å². The van der Waals surface area contributed by atoms with Gasteiger partial charge in [-0.1, -0.05) is 19.4 Å². The van der Waals surface area contributed by atoms with Gasteiger partial charge in [-0.2, -0.15) is 0 Å². The van der Waals surface area contributed by atoms with E-state index in [1.54, 1.807) is 0 Å². The highest BCUT2D eigenvalue weighted by Crippen LogP contribution is 2.66. The third kappa shape index (κ3) is 11.2. The molecule has 2 N–H and O–H groups in total. The normalized spacial score (nSPS) is 27.1. The number of carboxylic acid groups (broad SMARTS) is 1. The maximum atomic E-state index is 13.5. The Labute approximate surface area is 328 Å². The number of fused-ring (bicyclic) bond motifs is 5. The van der Waals surface area contributed by atoms with Crippen LogP contribution in [0.2, 0.25) is 0 Å². The Kier molecular flexibility index (Phi) is 15.3. The SMILES string of the molecule is COc1cc(C(=O)OCCCCO[N+](=O)[O-])ccc1OC(=O)OCC(=O)C1CCC2C3CCC4=CC(=O)CCC4(C)C3C(O)CC12C.O=C(O)CCCO[N+](=O)[O-]. The van der Waals surface area contributed by atoms with Crippen molar-refractivity contribution >= 4 is 29.7 Å². The topological polar surface area (TPSA) is 267 Å². The van der Waals surface area contributed by atoms with Crippen molar-refractivity contribution in [1.29, 1.82) is 0 Å². The van der Waals surface area contributed by atoms with Crippen LogP contribution in [-0.2, 0) is 33.5 Å². The summed E-state index contributed by atoms with van der Waals surface area (Å²) < 4.78 is 21.0. The minimum atomic E-state index is -1.10. The average Bonchev–Trinajstić information content (AvgIpc) is 3.50. The van der Waals surface area contributed by atoms with Gasteiger partial charge in [-0.15, -0.1) is 20.2 Å². The largest absolute Gasteiger partial charge is 0.514 e. The fourth-order valence-corrected chi connectivity index (χ4v) is 9.40. The van der Waals surface area contributed by atoms with Gasteiger partial charge in [0.15, 0.2) is 29.7 Å². The smallest absolute Gasteiger partial charge is 0.493 e. The zero-order valence-corrected chi connectivity index (χ0v) is 32.2. The zero-order chi connectivity index (χ0) is 41.9. The van der Waals surface area contributed by atoms with Gasteiger partial charge in [-0.25, -0.2) is 9.59 Å². The fraction of sp³-hybridized carbons (Fsp3) is 0.658. The number of aliphatic carboxylic acids is 1. The molecule has 0 saturated heterocycles. The van der Waals surface area contributed by atoms with E-state index in [-0.39, 0.29) is 90.4 Å². The number of rotatable bonds is 17. The van der Waals surface area contributed by atoms with Gasteiger partial charge in [0.1, 0.15) is 0 Å². The van der Waals surface area contributed by atoms with E-state index in [0.717, 1.165) is 31.3 Å². The highest BCUT2D eigenvalue weighted by molar-refractivity contribution is 5.92. The number of Topliss-reactive ketones (excluding diaryl/α,β-unsaturated/α-hetero) is 1. The molecule has 4 aliphatic carbocycles. The Bertz CT molecular complexity index is 1700. The maximum Gasteiger partial charge on any atom is 0.514 e. The molecule has 0 spiro atoms. The van der Waals surface area contributed by atoms with Crippen LogP contribution in [0.5, 0.6) is 11.5 Å². The Morgan fingerprint density at radius 1 is 0.912 bits per heavy atom. The van der Waals surface area contributed by atoms with Crippen molar-refractivity contribution in [3.63, 3.8) is 0 Å². The van der Waals surface area contributed by atoms with Crippen LogP contribution in [0.3, 0.4) is 0 Å². The van der Waals surface area contributed by atoms with Crippen LogP contribution in [0.4, 0.5) is 4.79 Å². The van der Waals surface area contributed by atoms with E-state index in [1.165, 1.54) is 25.3 Å². The molecule has 3 fully saturated rings. The number of carboxylic acids is 1. The monoisotopic (exact) mass is 806 g/mol. The first-order valence-corrected chi connectivity index (χ1v) is 18.9. The number of allylic oxidation sites excluding steroid dienone is 1. The highest BCUT2D eigenvalue weighted by Gasteiger charge is 2.63. The first-order valence-electron chi connectivity index (χ1n) is 18.9. The molecule has 1 aromatic carbocycles. The molecule has 5 rings (SSSR count). The lowest BCUT2D eigenvalue weighted by molar-refractivity contribution is -0.757. The molecule has 0 radical (unpaired) electrons. The highest BCUT2D eigenvalue weighted by atomic mass is 17.0. The summed E-state index contributed by atoms with van der Waals surface area (Å²) in [6, 6.07) is 4.06. The lowest BCUT2D eigenvalue weighted by Crippen LogP contribution is -2.57. The average molecular weight is 807 g/mol. The van der Waals surface area contributed by atoms with Crippen LogP contribution in [0.15, 0.2) is 29.8 Å². The lowest BCUT2D eigenvalue weighted by atomic mass is 9.46. The van der Waals surface area contributed by atoms with Crippen molar-refractivity contribution in [2.75, 3.05) is 33.5 Å². The summed E-state index contributed by atoms with van der Waals surface area (Å²) in [7, 11) is 1.33. The van der Waals surface area contributed by atoms with Gasteiger partial charge in [-0.05, 0) is 111 Å². The second-order valence-electron chi connectivity index (χ2n) is 15.2. The molecule has 0 amide bonds. The van der Waals surface area contributed by atoms with Gasteiger partial charge in [0.25, 0.3) is 10.2 Å². The quantitative estimate of drug-likeness (QED) is 0.0681. The fourth-order valence-electron chi connectivity index (χ4n) is 9.40. The number of unbranched alkanes of at least 4 members (excludes halogenated alkanes) is 1. The van der Waals surface area contributed by atoms with Gasteiger partial charge >= 0.3 is 18.1 Å². The van der Waals surface area contributed by atoms with E-state index in [2.05, 4.69) is 23.5 Å². The van der Waals surface area contributed by atoms with Crippen molar-refractivity contribution in [1.82, 2.24) is 0 Å². The predicted octanol–water partition coefficient (Wildman–Crippen LogP) is 5.10. The van der Waals surface area contributed by atoms with Crippen molar-refractivity contribution < 1.29 is 73.0 Å². The molecule has 19 nitrogen and oxygen atoms in total. The molecule has 0 heterocycles. The predicted molar refractivity (Wildman–Crippen MR) is 194 cm³/mol. The van der Waals surface area contributed by atoms with E-state index in [9.17, 15) is 49.3 Å². The van der Waals surface area contributed by atoms with E-state index in [4.69, 9.17) is 24.1 Å². The van der Waals surface area contributed by atoms with Gasteiger partial charge in [0.05, 0.1) is 38.6 Å². The molecule has 1 aromatic rings. The number of aliphatic hydroxyl groups is 1. The third-order valence-electron chi connectivity index (χ3n) is 11.9. The van der Waals surface area contributed by atoms with Crippen LogP contribution < -0.4 is 9.47 Å². The van der Waals surface area contributed by atoms with Gasteiger partial charge < -0.3 is 38.8 Å². The summed E-state index contributed by atoms with van der Waals surface area (Å²) in [5, 5.41) is 37.4. The van der Waals surface area contributed by atoms with Crippen molar-refractivity contribution in [3.05, 3.63) is 55.6 Å². The van der Waals surface area contributed by atoms with E-state index in [0.29, 0.717) is 32.1 Å². The third-order valence-corrected chi connectivity index (χ3v) is 11.9. The summed E-state index contributed by atoms with van der Waals surface area (Å²) in [5.74, 6) is -1.43. The summed E-state index contributed by atoms with van der Waals surface area (Å²) in [6.07, 6.45) is 5.86. The van der Waals surface area contributed by atoms with Crippen LogP contribution in [-0.4, -0.2) is 89.7 Å². The minimum Gasteiger partial charge on any atom is -0.493 e. The number of carbonyl (C=O) groups excluding carboxylic acids is 4. The molecule has 4 aliphatic rings. The number of hydrogen-bond acceptors (Lipinski definition) is 16. The molecular formula is C38H50N2O17. The Hall–Kier alpha value is -5.33. The number of aliphatic hydroxyl groups excluding tert-OH is 1. The molecular weight excluding hydrogens is 756 g/mol. The van der Waals surface area contributed by atoms with Crippen LogP contribution >= 0.6 is 0 Å². The Morgan fingerprint density at radius 3 is 2.26 bits per heavy atom. The molecule has 57 heavy (non-hydrogen) atoms. The van der Waals surface area contributed by atoms with Crippen molar-refractivity contribution in [2.24, 2.45) is 34.5 Å². The summed E-state index contributed by atoms with van der Waals surface area (Å²) in [4.78, 5) is 88.2. The second-order valence-corrected chi connectivity index (χ2v) is 15.2. The molecule has 19 heteroatoms. The lowest BCUT2D eigenvalue weighted by Gasteiger charge is -2.59. The van der Waals surface area contributed by atoms with Gasteiger partial charge in [-0.3, -0.25) is 14.4 Å². The standard InChI is InChI=1S/C34H43NO12.C4H7NO5/c1-33-13-12-22(36)17-21(33)7-8-23-24-9-10-25(34(24,2)18-26(37)30(23)33)27(38)19-45-32(40)47-28-11-6-20(16-29(28)43-3)31(39)44-14-4-5-15-46-35(41)42;6-4(7)2-1-3-10-5(8)9/h6,11,16-17,23-26,30,37H,4-5,7-10,12-15,18-19H2,1-3H3;1-3H2,(H,6,7). The van der Waals surface area contributed by atoms with Gasteiger partial charge in [0, 0.05) is 18.8 Å². The first kappa shape index (κ1) is 44.4. The molecule has 3 saturated carbocycles. The van der Waals surface area contributed by atoms with E-state index >= 15 is 0 Å². The summed E-state index contributed by atoms with van der Waals surface area (Å²) >= 11 is 0. The minimum absolute atomic E-state index is 0.0172.